The Kier molecular flexibility index (Phi) is 6.22. The van der Waals surface area contributed by atoms with E-state index in [4.69, 9.17) is 9.47 Å². The molecule has 0 aliphatic carbocycles. The number of nitrogens with zero attached hydrogens (tertiary/aromatic N) is 1. The quantitative estimate of drug-likeness (QED) is 0.795. The second kappa shape index (κ2) is 8.16. The van der Waals surface area contributed by atoms with Crippen LogP contribution in [0.3, 0.4) is 0 Å². The first-order chi connectivity index (χ1) is 11.5. The van der Waals surface area contributed by atoms with Gasteiger partial charge in [-0.3, -0.25) is 14.5 Å². The van der Waals surface area contributed by atoms with Crippen LogP contribution in [-0.2, 0) is 19.1 Å². The lowest BCUT2D eigenvalue weighted by molar-refractivity contribution is -0.146. The summed E-state index contributed by atoms with van der Waals surface area (Å²) in [7, 11) is 1.27. The molecule has 0 aromatic heterocycles. The Hall–Kier alpha value is -2.06. The second-order valence-electron chi connectivity index (χ2n) is 5.43. The number of rotatable bonds is 6. The number of halogens is 2. The maximum atomic E-state index is 13.6. The van der Waals surface area contributed by atoms with Crippen molar-refractivity contribution in [2.75, 3.05) is 32.1 Å². The van der Waals surface area contributed by atoms with Gasteiger partial charge in [0, 0.05) is 19.6 Å². The highest BCUT2D eigenvalue weighted by Crippen LogP contribution is 2.22. The van der Waals surface area contributed by atoms with Crippen molar-refractivity contribution in [2.24, 2.45) is 0 Å². The highest BCUT2D eigenvalue weighted by Gasteiger charge is 2.38. The number of hydrogen-bond donors (Lipinski definition) is 1. The number of benzene rings is 1. The number of anilines is 1. The smallest absolute Gasteiger partial charge is 0.323 e. The molecule has 6 nitrogen and oxygen atoms in total. The minimum atomic E-state index is -0.860. The predicted molar refractivity (Wildman–Crippen MR) is 82.4 cm³/mol. The Bertz CT molecular complexity index is 591. The van der Waals surface area contributed by atoms with Crippen LogP contribution in [0.5, 0.6) is 0 Å². The van der Waals surface area contributed by atoms with Crippen molar-refractivity contribution < 1.29 is 27.8 Å². The predicted octanol–water partition coefficient (Wildman–Crippen LogP) is 1.56. The van der Waals surface area contributed by atoms with Gasteiger partial charge in [-0.1, -0.05) is 6.07 Å². The summed E-state index contributed by atoms with van der Waals surface area (Å²) >= 11 is 0. The van der Waals surface area contributed by atoms with Crippen molar-refractivity contribution in [2.45, 2.75) is 25.5 Å². The lowest BCUT2D eigenvalue weighted by Crippen LogP contribution is -2.41. The number of likely N-dealkylation sites (tertiary alicyclic amines) is 1. The van der Waals surface area contributed by atoms with Gasteiger partial charge in [-0.05, 0) is 19.1 Å². The number of carbonyl (C=O) groups is 2. The van der Waals surface area contributed by atoms with Gasteiger partial charge in [-0.2, -0.15) is 0 Å². The summed E-state index contributed by atoms with van der Waals surface area (Å²) < 4.78 is 37.4. The summed E-state index contributed by atoms with van der Waals surface area (Å²) in [5.74, 6) is -2.81. The molecule has 2 rings (SSSR count). The molecule has 132 valence electrons. The number of methoxy groups -OCH3 is 1. The summed E-state index contributed by atoms with van der Waals surface area (Å²) in [6.07, 6.45) is 0.207. The van der Waals surface area contributed by atoms with Crippen LogP contribution >= 0.6 is 0 Å². The lowest BCUT2D eigenvalue weighted by Gasteiger charge is -2.21. The maximum absolute atomic E-state index is 13.6. The second-order valence-corrected chi connectivity index (χ2v) is 5.43. The fourth-order valence-corrected chi connectivity index (χ4v) is 2.75. The zero-order valence-electron chi connectivity index (χ0n) is 13.6. The highest BCUT2D eigenvalue weighted by atomic mass is 19.1. The molecule has 0 spiro atoms. The lowest BCUT2D eigenvalue weighted by atomic mass is 10.2. The third-order valence-corrected chi connectivity index (χ3v) is 3.81. The van der Waals surface area contributed by atoms with Crippen LogP contribution in [0.15, 0.2) is 18.2 Å². The average molecular weight is 342 g/mol. The zero-order chi connectivity index (χ0) is 17.7. The van der Waals surface area contributed by atoms with Crippen molar-refractivity contribution in [3.05, 3.63) is 29.8 Å². The van der Waals surface area contributed by atoms with Crippen molar-refractivity contribution in [1.82, 2.24) is 4.90 Å². The molecule has 1 saturated heterocycles. The van der Waals surface area contributed by atoms with Gasteiger partial charge in [0.2, 0.25) is 5.91 Å². The normalized spacial score (nSPS) is 20.8. The Morgan fingerprint density at radius 1 is 1.33 bits per heavy atom. The molecule has 1 aliphatic heterocycles. The summed E-state index contributed by atoms with van der Waals surface area (Å²) in [6, 6.07) is 2.69. The first kappa shape index (κ1) is 18.3. The highest BCUT2D eigenvalue weighted by molar-refractivity contribution is 5.93. The largest absolute Gasteiger partial charge is 0.468 e. The van der Waals surface area contributed by atoms with Gasteiger partial charge >= 0.3 is 5.97 Å². The van der Waals surface area contributed by atoms with Crippen molar-refractivity contribution >= 4 is 17.6 Å². The minimum absolute atomic E-state index is 0.197. The summed E-state index contributed by atoms with van der Waals surface area (Å²) in [6.45, 7) is 2.49. The minimum Gasteiger partial charge on any atom is -0.468 e. The van der Waals surface area contributed by atoms with Gasteiger partial charge in [0.1, 0.15) is 23.4 Å². The number of amides is 1. The Labute approximate surface area is 138 Å². The monoisotopic (exact) mass is 342 g/mol. The van der Waals surface area contributed by atoms with E-state index >= 15 is 0 Å². The van der Waals surface area contributed by atoms with E-state index in [0.29, 0.717) is 19.6 Å². The standard InChI is InChI=1S/C16H20F2N2O4/c1-3-24-10-7-13(16(22)23-2)20(8-10)9-14(21)19-15-11(17)5-4-6-12(15)18/h4-6,10,13H,3,7-9H2,1-2H3,(H,19,21)/t10-,13+/m1/s1. The van der Waals surface area contributed by atoms with Crippen LogP contribution in [0, 0.1) is 11.6 Å². The van der Waals surface area contributed by atoms with Gasteiger partial charge in [-0.15, -0.1) is 0 Å². The van der Waals surface area contributed by atoms with Crippen LogP contribution in [0.25, 0.3) is 0 Å². The number of esters is 1. The molecule has 24 heavy (non-hydrogen) atoms. The molecule has 1 aromatic carbocycles. The maximum Gasteiger partial charge on any atom is 0.323 e. The molecule has 1 N–H and O–H groups in total. The summed E-state index contributed by atoms with van der Waals surface area (Å²) in [4.78, 5) is 25.5. The number of hydrogen-bond acceptors (Lipinski definition) is 5. The van der Waals surface area contributed by atoms with E-state index in [1.54, 1.807) is 4.90 Å². The third kappa shape index (κ3) is 4.27. The molecule has 1 fully saturated rings. The SMILES string of the molecule is CCO[C@@H]1C[C@@H](C(=O)OC)N(CC(=O)Nc2c(F)cccc2F)C1. The van der Waals surface area contributed by atoms with E-state index in [0.717, 1.165) is 12.1 Å². The fraction of sp³-hybridized carbons (Fsp3) is 0.500. The molecule has 1 heterocycles. The van der Waals surface area contributed by atoms with Gasteiger partial charge in [0.25, 0.3) is 0 Å². The van der Waals surface area contributed by atoms with Crippen LogP contribution < -0.4 is 5.32 Å². The molecule has 1 aromatic rings. The Morgan fingerprint density at radius 2 is 2.00 bits per heavy atom. The van der Waals surface area contributed by atoms with Gasteiger partial charge in [0.15, 0.2) is 0 Å². The molecule has 1 aliphatic rings. The fourth-order valence-electron chi connectivity index (χ4n) is 2.75. The van der Waals surface area contributed by atoms with E-state index < -0.39 is 35.2 Å². The van der Waals surface area contributed by atoms with Gasteiger partial charge in [0.05, 0.1) is 19.8 Å². The van der Waals surface area contributed by atoms with E-state index in [2.05, 4.69) is 5.32 Å². The average Bonchev–Trinajstić information content (AvgIpc) is 2.93. The molecule has 0 bridgehead atoms. The molecular formula is C16H20F2N2O4. The van der Waals surface area contributed by atoms with Crippen LogP contribution in [0.1, 0.15) is 13.3 Å². The Balaban J connectivity index is 2.04. The number of carbonyl (C=O) groups excluding carboxylic acids is 2. The van der Waals surface area contributed by atoms with Gasteiger partial charge in [-0.25, -0.2) is 8.78 Å². The summed E-state index contributed by atoms with van der Waals surface area (Å²) in [5, 5.41) is 2.21. The topological polar surface area (TPSA) is 67.9 Å². The van der Waals surface area contributed by atoms with Crippen molar-refractivity contribution in [3.8, 4) is 0 Å². The molecule has 0 saturated carbocycles. The number of nitrogens with one attached hydrogen (secondary N) is 1. The molecule has 2 atom stereocenters. The third-order valence-electron chi connectivity index (χ3n) is 3.81. The number of para-hydroxylation sites is 1. The molecule has 0 radical (unpaired) electrons. The Morgan fingerprint density at radius 3 is 2.58 bits per heavy atom. The molecule has 1 amide bonds. The molecule has 8 heteroatoms. The van der Waals surface area contributed by atoms with Crippen LogP contribution in [-0.4, -0.2) is 55.7 Å². The van der Waals surface area contributed by atoms with Crippen LogP contribution in [0.4, 0.5) is 14.5 Å². The van der Waals surface area contributed by atoms with E-state index in [1.165, 1.54) is 13.2 Å². The first-order valence-corrected chi connectivity index (χ1v) is 7.63. The van der Waals surface area contributed by atoms with E-state index in [-0.39, 0.29) is 12.6 Å². The van der Waals surface area contributed by atoms with Crippen molar-refractivity contribution in [1.29, 1.82) is 0 Å². The molecular weight excluding hydrogens is 322 g/mol. The zero-order valence-corrected chi connectivity index (χ0v) is 13.6. The summed E-state index contributed by atoms with van der Waals surface area (Å²) in [5.41, 5.74) is -0.502. The van der Waals surface area contributed by atoms with E-state index in [1.807, 2.05) is 6.92 Å². The molecule has 0 unspecified atom stereocenters. The number of ether oxygens (including phenoxy) is 2. The van der Waals surface area contributed by atoms with Gasteiger partial charge < -0.3 is 14.8 Å². The van der Waals surface area contributed by atoms with Crippen molar-refractivity contribution in [3.63, 3.8) is 0 Å². The van der Waals surface area contributed by atoms with E-state index in [9.17, 15) is 18.4 Å². The van der Waals surface area contributed by atoms with Crippen LogP contribution in [0.2, 0.25) is 0 Å². The first-order valence-electron chi connectivity index (χ1n) is 7.63.